The monoisotopic (exact) mass is 279 g/mol. The van der Waals surface area contributed by atoms with E-state index in [2.05, 4.69) is 51.3 Å². The van der Waals surface area contributed by atoms with Crippen molar-refractivity contribution in [1.82, 2.24) is 14.9 Å². The summed E-state index contributed by atoms with van der Waals surface area (Å²) in [5.41, 5.74) is 2.45. The second-order valence-electron chi connectivity index (χ2n) is 5.55. The molecule has 1 saturated heterocycles. The second kappa shape index (κ2) is 7.14. The zero-order valence-electron chi connectivity index (χ0n) is 12.2. The van der Waals surface area contributed by atoms with Gasteiger partial charge in [0.15, 0.2) is 0 Å². The Hall–Kier alpha value is -2.00. The van der Waals surface area contributed by atoms with E-state index in [1.54, 1.807) is 6.33 Å². The topological polar surface area (TPSA) is 29.0 Å². The fraction of sp³-hybridized carbons (Fsp3) is 0.333. The summed E-state index contributed by atoms with van der Waals surface area (Å²) in [5, 5.41) is 0. The van der Waals surface area contributed by atoms with E-state index in [1.165, 1.54) is 30.6 Å². The molecule has 1 aliphatic heterocycles. The van der Waals surface area contributed by atoms with E-state index in [-0.39, 0.29) is 0 Å². The minimum atomic E-state index is 0.548. The summed E-state index contributed by atoms with van der Waals surface area (Å²) in [4.78, 5) is 10.9. The summed E-state index contributed by atoms with van der Waals surface area (Å²) in [6, 6.07) is 12.5. The molecule has 1 aromatic heterocycles. The normalized spacial score (nSPS) is 19.9. The Labute approximate surface area is 126 Å². The van der Waals surface area contributed by atoms with Gasteiger partial charge in [-0.1, -0.05) is 42.5 Å². The van der Waals surface area contributed by atoms with E-state index in [1.807, 2.05) is 18.3 Å². The van der Waals surface area contributed by atoms with Gasteiger partial charge in [-0.05, 0) is 31.0 Å². The molecule has 0 amide bonds. The number of hydrogen-bond donors (Lipinski definition) is 0. The third-order valence-corrected chi connectivity index (χ3v) is 4.00. The standard InChI is InChI=1S/C18H21N3/c1-2-6-16(7-3-1)8-4-12-21-13-5-9-17(14-21)18-10-11-19-15-20-18/h1-4,6-8,10-11,15,17H,5,9,12-14H2/b8-4+. The van der Waals surface area contributed by atoms with Crippen LogP contribution < -0.4 is 0 Å². The van der Waals surface area contributed by atoms with Crippen LogP contribution in [0.5, 0.6) is 0 Å². The highest BCUT2D eigenvalue weighted by Crippen LogP contribution is 2.24. The van der Waals surface area contributed by atoms with E-state index in [4.69, 9.17) is 0 Å². The molecule has 1 unspecified atom stereocenters. The summed E-state index contributed by atoms with van der Waals surface area (Å²) in [5.74, 6) is 0.548. The number of hydrogen-bond acceptors (Lipinski definition) is 3. The molecule has 0 spiro atoms. The van der Waals surface area contributed by atoms with Crippen LogP contribution in [0.1, 0.15) is 30.0 Å². The molecular formula is C18H21N3. The van der Waals surface area contributed by atoms with Crippen molar-refractivity contribution in [2.75, 3.05) is 19.6 Å². The third-order valence-electron chi connectivity index (χ3n) is 4.00. The molecule has 2 aromatic rings. The molecule has 0 bridgehead atoms. The van der Waals surface area contributed by atoms with Gasteiger partial charge in [0.2, 0.25) is 0 Å². The van der Waals surface area contributed by atoms with Crippen LogP contribution in [0.3, 0.4) is 0 Å². The van der Waals surface area contributed by atoms with Crippen LogP contribution in [-0.2, 0) is 0 Å². The number of nitrogens with zero attached hydrogens (tertiary/aromatic N) is 3. The molecule has 3 heteroatoms. The SMILES string of the molecule is C(=C\c1ccccc1)/CN1CCCC(c2ccncn2)C1. The first-order valence-corrected chi connectivity index (χ1v) is 7.62. The van der Waals surface area contributed by atoms with Gasteiger partial charge in [0.1, 0.15) is 6.33 Å². The van der Waals surface area contributed by atoms with Gasteiger partial charge < -0.3 is 0 Å². The Morgan fingerprint density at radius 1 is 1.19 bits per heavy atom. The lowest BCUT2D eigenvalue weighted by atomic mass is 9.94. The lowest BCUT2D eigenvalue weighted by Crippen LogP contribution is -2.34. The number of likely N-dealkylation sites (tertiary alicyclic amines) is 1. The average Bonchev–Trinajstić information content (AvgIpc) is 2.57. The molecular weight excluding hydrogens is 258 g/mol. The van der Waals surface area contributed by atoms with Crippen LogP contribution in [0.25, 0.3) is 6.08 Å². The minimum absolute atomic E-state index is 0.548. The molecule has 2 heterocycles. The maximum atomic E-state index is 4.41. The van der Waals surface area contributed by atoms with Gasteiger partial charge in [-0.2, -0.15) is 0 Å². The van der Waals surface area contributed by atoms with Crippen molar-refractivity contribution in [3.63, 3.8) is 0 Å². The van der Waals surface area contributed by atoms with Crippen molar-refractivity contribution in [2.24, 2.45) is 0 Å². The van der Waals surface area contributed by atoms with Crippen molar-refractivity contribution >= 4 is 6.08 Å². The molecule has 0 aliphatic carbocycles. The fourth-order valence-electron chi connectivity index (χ4n) is 2.91. The van der Waals surface area contributed by atoms with Crippen molar-refractivity contribution in [3.05, 3.63) is 66.3 Å². The molecule has 0 radical (unpaired) electrons. The first-order valence-electron chi connectivity index (χ1n) is 7.62. The number of rotatable bonds is 4. The molecule has 3 rings (SSSR count). The van der Waals surface area contributed by atoms with Gasteiger partial charge in [-0.15, -0.1) is 0 Å². The maximum Gasteiger partial charge on any atom is 0.115 e. The predicted octanol–water partition coefficient (Wildman–Crippen LogP) is 3.37. The number of benzene rings is 1. The number of aromatic nitrogens is 2. The Morgan fingerprint density at radius 2 is 2.10 bits per heavy atom. The number of piperidine rings is 1. The highest BCUT2D eigenvalue weighted by atomic mass is 15.1. The van der Waals surface area contributed by atoms with Crippen LogP contribution in [-0.4, -0.2) is 34.5 Å². The van der Waals surface area contributed by atoms with E-state index in [9.17, 15) is 0 Å². The maximum absolute atomic E-state index is 4.41. The Morgan fingerprint density at radius 3 is 2.90 bits per heavy atom. The molecule has 1 aliphatic rings. The molecule has 1 atom stereocenters. The Balaban J connectivity index is 1.56. The van der Waals surface area contributed by atoms with Crippen LogP contribution in [0.2, 0.25) is 0 Å². The lowest BCUT2D eigenvalue weighted by Gasteiger charge is -2.31. The van der Waals surface area contributed by atoms with Gasteiger partial charge in [-0.25, -0.2) is 9.97 Å². The molecule has 1 fully saturated rings. The lowest BCUT2D eigenvalue weighted by molar-refractivity contribution is 0.226. The zero-order valence-corrected chi connectivity index (χ0v) is 12.2. The zero-order chi connectivity index (χ0) is 14.3. The molecule has 0 saturated carbocycles. The van der Waals surface area contributed by atoms with Crippen LogP contribution in [0.15, 0.2) is 55.0 Å². The quantitative estimate of drug-likeness (QED) is 0.859. The smallest absolute Gasteiger partial charge is 0.115 e. The first-order chi connectivity index (χ1) is 10.4. The highest BCUT2D eigenvalue weighted by molar-refractivity contribution is 5.48. The largest absolute Gasteiger partial charge is 0.299 e. The fourth-order valence-corrected chi connectivity index (χ4v) is 2.91. The van der Waals surface area contributed by atoms with Gasteiger partial charge in [0, 0.05) is 30.9 Å². The van der Waals surface area contributed by atoms with E-state index in [0.717, 1.165) is 13.1 Å². The van der Waals surface area contributed by atoms with Gasteiger partial charge in [-0.3, -0.25) is 4.90 Å². The van der Waals surface area contributed by atoms with Gasteiger partial charge >= 0.3 is 0 Å². The van der Waals surface area contributed by atoms with Crippen molar-refractivity contribution in [2.45, 2.75) is 18.8 Å². The van der Waals surface area contributed by atoms with E-state index in [0.29, 0.717) is 5.92 Å². The average molecular weight is 279 g/mol. The third kappa shape index (κ3) is 3.99. The van der Waals surface area contributed by atoms with Crippen molar-refractivity contribution < 1.29 is 0 Å². The Kier molecular flexibility index (Phi) is 4.74. The molecule has 108 valence electrons. The summed E-state index contributed by atoms with van der Waals surface area (Å²) < 4.78 is 0. The van der Waals surface area contributed by atoms with E-state index < -0.39 is 0 Å². The summed E-state index contributed by atoms with van der Waals surface area (Å²) in [6.07, 6.45) is 10.4. The van der Waals surface area contributed by atoms with Gasteiger partial charge in [0.25, 0.3) is 0 Å². The van der Waals surface area contributed by atoms with Gasteiger partial charge in [0.05, 0.1) is 0 Å². The molecule has 3 nitrogen and oxygen atoms in total. The summed E-state index contributed by atoms with van der Waals surface area (Å²) in [6.45, 7) is 3.29. The van der Waals surface area contributed by atoms with Crippen LogP contribution >= 0.6 is 0 Å². The molecule has 0 N–H and O–H groups in total. The van der Waals surface area contributed by atoms with Crippen LogP contribution in [0.4, 0.5) is 0 Å². The molecule has 1 aromatic carbocycles. The molecule has 21 heavy (non-hydrogen) atoms. The second-order valence-corrected chi connectivity index (χ2v) is 5.55. The highest BCUT2D eigenvalue weighted by Gasteiger charge is 2.21. The first kappa shape index (κ1) is 14.0. The van der Waals surface area contributed by atoms with E-state index >= 15 is 0 Å². The summed E-state index contributed by atoms with van der Waals surface area (Å²) in [7, 11) is 0. The predicted molar refractivity (Wildman–Crippen MR) is 85.9 cm³/mol. The minimum Gasteiger partial charge on any atom is -0.299 e. The Bertz CT molecular complexity index is 566. The van der Waals surface area contributed by atoms with Crippen LogP contribution in [0, 0.1) is 0 Å². The summed E-state index contributed by atoms with van der Waals surface area (Å²) >= 11 is 0. The van der Waals surface area contributed by atoms with Crippen molar-refractivity contribution in [3.8, 4) is 0 Å². The van der Waals surface area contributed by atoms with Crippen molar-refractivity contribution in [1.29, 1.82) is 0 Å².